The van der Waals surface area contributed by atoms with E-state index in [1.807, 2.05) is 44.1 Å². The van der Waals surface area contributed by atoms with Crippen LogP contribution in [0.25, 0.3) is 0 Å². The van der Waals surface area contributed by atoms with Gasteiger partial charge >= 0.3 is 0 Å². The molecule has 0 saturated heterocycles. The molecule has 4 heteroatoms. The predicted molar refractivity (Wildman–Crippen MR) is 96.4 cm³/mol. The smallest absolute Gasteiger partial charge is 0.271 e. The highest BCUT2D eigenvalue weighted by Crippen LogP contribution is 2.13. The number of nitrogens with zero attached hydrogens (tertiary/aromatic N) is 2. The zero-order valence-electron chi connectivity index (χ0n) is 14.3. The van der Waals surface area contributed by atoms with E-state index in [-0.39, 0.29) is 5.91 Å². The van der Waals surface area contributed by atoms with Gasteiger partial charge < -0.3 is 4.90 Å². The molecule has 0 aromatic heterocycles. The molecule has 0 spiro atoms. The minimum atomic E-state index is -0.210. The highest BCUT2D eigenvalue weighted by Gasteiger charge is 2.06. The average molecular weight is 309 g/mol. The van der Waals surface area contributed by atoms with E-state index in [1.165, 1.54) is 11.1 Å². The Labute approximate surface area is 137 Å². The Kier molecular flexibility index (Phi) is 5.16. The Bertz CT molecular complexity index is 731. The summed E-state index contributed by atoms with van der Waals surface area (Å²) in [5.74, 6) is -0.210. The molecule has 4 nitrogen and oxygen atoms in total. The second kappa shape index (κ2) is 7.09. The molecule has 2 rings (SSSR count). The molecule has 0 aliphatic heterocycles. The van der Waals surface area contributed by atoms with E-state index in [0.717, 1.165) is 17.0 Å². The van der Waals surface area contributed by atoms with Crippen LogP contribution in [0.2, 0.25) is 0 Å². The Morgan fingerprint density at radius 2 is 1.57 bits per heavy atom. The van der Waals surface area contributed by atoms with E-state index < -0.39 is 0 Å². The van der Waals surface area contributed by atoms with Crippen molar-refractivity contribution < 1.29 is 4.79 Å². The Hall–Kier alpha value is -2.62. The largest absolute Gasteiger partial charge is 0.378 e. The van der Waals surface area contributed by atoms with E-state index in [2.05, 4.69) is 36.5 Å². The lowest BCUT2D eigenvalue weighted by atomic mass is 10.0. The molecule has 0 saturated carbocycles. The first-order valence-electron chi connectivity index (χ1n) is 7.58. The van der Waals surface area contributed by atoms with Crippen LogP contribution in [-0.2, 0) is 0 Å². The summed E-state index contributed by atoms with van der Waals surface area (Å²) < 4.78 is 0. The standard InChI is InChI=1S/C19H23N3O/c1-13-6-7-17(12-14(13)2)15(3)20-21-19(23)16-8-10-18(11-9-16)22(4)5/h6-12H,1-5H3,(H,21,23)/b20-15-. The second-order valence-electron chi connectivity index (χ2n) is 5.88. The van der Waals surface area contributed by atoms with Gasteiger partial charge in [-0.25, -0.2) is 5.43 Å². The first kappa shape index (κ1) is 16.7. The van der Waals surface area contributed by atoms with E-state index >= 15 is 0 Å². The van der Waals surface area contributed by atoms with Crippen LogP contribution in [0.3, 0.4) is 0 Å². The summed E-state index contributed by atoms with van der Waals surface area (Å²) in [7, 11) is 3.93. The summed E-state index contributed by atoms with van der Waals surface area (Å²) >= 11 is 0. The van der Waals surface area contributed by atoms with Gasteiger partial charge in [0.15, 0.2) is 0 Å². The number of amides is 1. The third kappa shape index (κ3) is 4.19. The van der Waals surface area contributed by atoms with Gasteiger partial charge in [0, 0.05) is 25.3 Å². The molecule has 120 valence electrons. The number of hydrazone groups is 1. The second-order valence-corrected chi connectivity index (χ2v) is 5.88. The van der Waals surface area contributed by atoms with Crippen molar-refractivity contribution in [3.8, 4) is 0 Å². The Morgan fingerprint density at radius 3 is 2.13 bits per heavy atom. The monoisotopic (exact) mass is 309 g/mol. The molecule has 0 unspecified atom stereocenters. The predicted octanol–water partition coefficient (Wildman–Crippen LogP) is 3.52. The van der Waals surface area contributed by atoms with Gasteiger partial charge in [-0.2, -0.15) is 5.10 Å². The normalized spacial score (nSPS) is 11.3. The summed E-state index contributed by atoms with van der Waals surface area (Å²) in [5.41, 5.74) is 8.50. The minimum Gasteiger partial charge on any atom is -0.378 e. The molecule has 2 aromatic carbocycles. The fraction of sp³-hybridized carbons (Fsp3) is 0.263. The van der Waals surface area contributed by atoms with Crippen LogP contribution in [0, 0.1) is 13.8 Å². The van der Waals surface area contributed by atoms with Crippen molar-refractivity contribution in [3.63, 3.8) is 0 Å². The van der Waals surface area contributed by atoms with Gasteiger partial charge in [0.1, 0.15) is 0 Å². The zero-order valence-corrected chi connectivity index (χ0v) is 14.3. The maximum Gasteiger partial charge on any atom is 0.271 e. The summed E-state index contributed by atoms with van der Waals surface area (Å²) in [6, 6.07) is 13.6. The number of benzene rings is 2. The topological polar surface area (TPSA) is 44.7 Å². The van der Waals surface area contributed by atoms with E-state index in [9.17, 15) is 4.79 Å². The third-order valence-corrected chi connectivity index (χ3v) is 3.90. The highest BCUT2D eigenvalue weighted by molar-refractivity contribution is 6.01. The SMILES string of the molecule is C/C(=N/NC(=O)c1ccc(N(C)C)cc1)c1ccc(C)c(C)c1. The molecule has 1 amide bonds. The fourth-order valence-electron chi connectivity index (χ4n) is 2.14. The molecular formula is C19H23N3O. The highest BCUT2D eigenvalue weighted by atomic mass is 16.2. The van der Waals surface area contributed by atoms with Crippen LogP contribution in [0.15, 0.2) is 47.6 Å². The molecule has 2 aromatic rings. The number of carbonyl (C=O) groups is 1. The summed E-state index contributed by atoms with van der Waals surface area (Å²) in [5, 5.41) is 4.21. The molecule has 0 aliphatic rings. The van der Waals surface area contributed by atoms with Crippen molar-refractivity contribution in [1.29, 1.82) is 0 Å². The van der Waals surface area contributed by atoms with Gasteiger partial charge in [-0.1, -0.05) is 12.1 Å². The number of hydrogen-bond donors (Lipinski definition) is 1. The van der Waals surface area contributed by atoms with Crippen molar-refractivity contribution in [2.75, 3.05) is 19.0 Å². The van der Waals surface area contributed by atoms with Crippen LogP contribution >= 0.6 is 0 Å². The van der Waals surface area contributed by atoms with Crippen LogP contribution in [0.1, 0.15) is 34.0 Å². The van der Waals surface area contributed by atoms with Crippen molar-refractivity contribution in [3.05, 3.63) is 64.7 Å². The Morgan fingerprint density at radius 1 is 0.957 bits per heavy atom. The fourth-order valence-corrected chi connectivity index (χ4v) is 2.14. The van der Waals surface area contributed by atoms with Gasteiger partial charge in [0.2, 0.25) is 0 Å². The maximum absolute atomic E-state index is 12.2. The van der Waals surface area contributed by atoms with Crippen LogP contribution < -0.4 is 10.3 Å². The molecule has 0 aliphatic carbocycles. The number of aryl methyl sites for hydroxylation is 2. The first-order chi connectivity index (χ1) is 10.9. The number of rotatable bonds is 4. The number of nitrogens with one attached hydrogen (secondary N) is 1. The third-order valence-electron chi connectivity index (χ3n) is 3.90. The molecule has 1 N–H and O–H groups in total. The number of anilines is 1. The van der Waals surface area contributed by atoms with Gasteiger partial charge in [-0.05, 0) is 67.8 Å². The molecule has 0 atom stereocenters. The van der Waals surface area contributed by atoms with Gasteiger partial charge in [-0.3, -0.25) is 4.79 Å². The molecule has 23 heavy (non-hydrogen) atoms. The molecule has 0 heterocycles. The van der Waals surface area contributed by atoms with E-state index in [4.69, 9.17) is 0 Å². The maximum atomic E-state index is 12.2. The van der Waals surface area contributed by atoms with E-state index in [0.29, 0.717) is 5.56 Å². The zero-order chi connectivity index (χ0) is 17.0. The van der Waals surface area contributed by atoms with E-state index in [1.54, 1.807) is 12.1 Å². The number of hydrogen-bond acceptors (Lipinski definition) is 3. The first-order valence-corrected chi connectivity index (χ1v) is 7.58. The van der Waals surface area contributed by atoms with Crippen LogP contribution in [0.4, 0.5) is 5.69 Å². The summed E-state index contributed by atoms with van der Waals surface area (Å²) in [6.45, 7) is 6.03. The molecular weight excluding hydrogens is 286 g/mol. The quantitative estimate of drug-likeness (QED) is 0.694. The lowest BCUT2D eigenvalue weighted by molar-refractivity contribution is 0.0955. The minimum absolute atomic E-state index is 0.210. The lowest BCUT2D eigenvalue weighted by Gasteiger charge is -2.12. The molecule has 0 bridgehead atoms. The molecule has 0 fully saturated rings. The average Bonchev–Trinajstić information content (AvgIpc) is 2.54. The Balaban J connectivity index is 2.08. The van der Waals surface area contributed by atoms with Gasteiger partial charge in [-0.15, -0.1) is 0 Å². The van der Waals surface area contributed by atoms with Crippen molar-refractivity contribution in [1.82, 2.24) is 5.43 Å². The molecule has 0 radical (unpaired) electrons. The van der Waals surface area contributed by atoms with Crippen LogP contribution in [0.5, 0.6) is 0 Å². The van der Waals surface area contributed by atoms with Crippen molar-refractivity contribution in [2.24, 2.45) is 5.10 Å². The van der Waals surface area contributed by atoms with Crippen molar-refractivity contribution >= 4 is 17.3 Å². The number of carbonyl (C=O) groups excluding carboxylic acids is 1. The summed E-state index contributed by atoms with van der Waals surface area (Å²) in [4.78, 5) is 14.1. The van der Waals surface area contributed by atoms with Gasteiger partial charge in [0.05, 0.1) is 5.71 Å². The summed E-state index contributed by atoms with van der Waals surface area (Å²) in [6.07, 6.45) is 0. The van der Waals surface area contributed by atoms with Crippen molar-refractivity contribution in [2.45, 2.75) is 20.8 Å². The van der Waals surface area contributed by atoms with Crippen LogP contribution in [-0.4, -0.2) is 25.7 Å². The lowest BCUT2D eigenvalue weighted by Crippen LogP contribution is -2.19. The van der Waals surface area contributed by atoms with Gasteiger partial charge in [0.25, 0.3) is 5.91 Å².